The summed E-state index contributed by atoms with van der Waals surface area (Å²) in [5.41, 5.74) is 2.43. The molecule has 0 atom stereocenters. The summed E-state index contributed by atoms with van der Waals surface area (Å²) in [5.74, 6) is 2.40. The summed E-state index contributed by atoms with van der Waals surface area (Å²) in [5, 5.41) is 3.48. The van der Waals surface area contributed by atoms with E-state index in [9.17, 15) is 0 Å². The minimum Gasteiger partial charge on any atom is -0.490 e. The van der Waals surface area contributed by atoms with Crippen LogP contribution in [-0.2, 0) is 13.0 Å². The summed E-state index contributed by atoms with van der Waals surface area (Å²) in [6.45, 7) is 11.9. The Kier molecular flexibility index (Phi) is 7.69. The topological polar surface area (TPSA) is 59.5 Å². The van der Waals surface area contributed by atoms with Crippen molar-refractivity contribution in [2.24, 2.45) is 0 Å². The zero-order valence-electron chi connectivity index (χ0n) is 18.1. The van der Waals surface area contributed by atoms with Crippen LogP contribution in [0.5, 0.6) is 11.5 Å². The summed E-state index contributed by atoms with van der Waals surface area (Å²) >= 11 is 0. The third-order valence-electron chi connectivity index (χ3n) is 5.11. The first kappa shape index (κ1) is 21.4. The van der Waals surface area contributed by atoms with Crippen molar-refractivity contribution in [3.8, 4) is 11.5 Å². The number of aryl methyl sites for hydroxylation is 1. The first-order chi connectivity index (χ1) is 14.1. The molecule has 0 bridgehead atoms. The number of ether oxygens (including phenoxy) is 2. The number of nitrogens with one attached hydrogen (secondary N) is 1. The summed E-state index contributed by atoms with van der Waals surface area (Å²) in [6.07, 6.45) is 7.10. The second-order valence-corrected chi connectivity index (χ2v) is 7.84. The molecular formula is C23H34N4O2. The average molecular weight is 399 g/mol. The predicted octanol–water partition coefficient (Wildman–Crippen LogP) is 4.30. The molecule has 0 amide bonds. The monoisotopic (exact) mass is 398 g/mol. The van der Waals surface area contributed by atoms with Crippen molar-refractivity contribution in [3.63, 3.8) is 0 Å². The van der Waals surface area contributed by atoms with Gasteiger partial charge >= 0.3 is 0 Å². The molecule has 0 radical (unpaired) electrons. The van der Waals surface area contributed by atoms with Gasteiger partial charge in [0.05, 0.1) is 12.7 Å². The largest absolute Gasteiger partial charge is 0.490 e. The minimum atomic E-state index is 0.133. The Morgan fingerprint density at radius 2 is 1.79 bits per heavy atom. The van der Waals surface area contributed by atoms with Gasteiger partial charge in [-0.05, 0) is 63.3 Å². The van der Waals surface area contributed by atoms with Crippen LogP contribution in [0.25, 0.3) is 0 Å². The van der Waals surface area contributed by atoms with Crippen molar-refractivity contribution in [3.05, 3.63) is 41.7 Å². The lowest BCUT2D eigenvalue weighted by molar-refractivity contribution is 0.209. The van der Waals surface area contributed by atoms with E-state index >= 15 is 0 Å². The van der Waals surface area contributed by atoms with Gasteiger partial charge in [-0.25, -0.2) is 9.97 Å². The normalized spacial score (nSPS) is 15.5. The Balaban J connectivity index is 1.52. The first-order valence-electron chi connectivity index (χ1n) is 10.8. The highest BCUT2D eigenvalue weighted by Crippen LogP contribution is 2.30. The average Bonchev–Trinajstić information content (AvgIpc) is 2.72. The van der Waals surface area contributed by atoms with Crippen LogP contribution in [0.1, 0.15) is 51.7 Å². The van der Waals surface area contributed by atoms with Crippen LogP contribution in [0.4, 0.5) is 5.95 Å². The smallest absolute Gasteiger partial charge is 0.222 e. The van der Waals surface area contributed by atoms with E-state index in [0.717, 1.165) is 56.3 Å². The van der Waals surface area contributed by atoms with Gasteiger partial charge in [-0.15, -0.1) is 0 Å². The molecule has 1 N–H and O–H groups in total. The second kappa shape index (κ2) is 10.4. The SMILES string of the molecule is CCOc1cc(CN2CCC(Nc3ncc(CC)cn3)CC2)ccc1OC(C)C. The van der Waals surface area contributed by atoms with Gasteiger partial charge in [-0.1, -0.05) is 13.0 Å². The number of hydrogen-bond acceptors (Lipinski definition) is 6. The molecular weight excluding hydrogens is 364 g/mol. The van der Waals surface area contributed by atoms with E-state index in [1.807, 2.05) is 39.2 Å². The van der Waals surface area contributed by atoms with E-state index in [-0.39, 0.29) is 6.10 Å². The van der Waals surface area contributed by atoms with E-state index in [4.69, 9.17) is 9.47 Å². The Morgan fingerprint density at radius 1 is 1.07 bits per heavy atom. The molecule has 1 aliphatic rings. The van der Waals surface area contributed by atoms with Crippen LogP contribution in [0.3, 0.4) is 0 Å². The lowest BCUT2D eigenvalue weighted by Crippen LogP contribution is -2.39. The summed E-state index contributed by atoms with van der Waals surface area (Å²) in [4.78, 5) is 11.3. The lowest BCUT2D eigenvalue weighted by atomic mass is 10.0. The van der Waals surface area contributed by atoms with E-state index in [1.54, 1.807) is 0 Å². The van der Waals surface area contributed by atoms with Crippen molar-refractivity contribution in [1.29, 1.82) is 0 Å². The second-order valence-electron chi connectivity index (χ2n) is 7.84. The Labute approximate surface area is 174 Å². The Morgan fingerprint density at radius 3 is 2.41 bits per heavy atom. The van der Waals surface area contributed by atoms with Gasteiger partial charge < -0.3 is 14.8 Å². The molecule has 6 nitrogen and oxygen atoms in total. The van der Waals surface area contributed by atoms with Gasteiger partial charge in [0.2, 0.25) is 5.95 Å². The Bertz CT molecular complexity index is 756. The molecule has 0 spiro atoms. The van der Waals surface area contributed by atoms with Crippen LogP contribution < -0.4 is 14.8 Å². The number of likely N-dealkylation sites (tertiary alicyclic amines) is 1. The highest BCUT2D eigenvalue weighted by atomic mass is 16.5. The lowest BCUT2D eigenvalue weighted by Gasteiger charge is -2.32. The standard InChI is InChI=1S/C23H34N4O2/c1-5-18-14-24-23(25-15-18)26-20-9-11-27(12-10-20)16-19-7-8-21(29-17(3)4)22(13-19)28-6-2/h7-8,13-15,17,20H,5-6,9-12,16H2,1-4H3,(H,24,25,26). The van der Waals surface area contributed by atoms with Gasteiger partial charge in [0, 0.05) is 38.1 Å². The van der Waals surface area contributed by atoms with Crippen molar-refractivity contribution >= 4 is 5.95 Å². The molecule has 3 rings (SSSR count). The molecule has 1 aromatic heterocycles. The maximum absolute atomic E-state index is 5.87. The van der Waals surface area contributed by atoms with E-state index in [1.165, 1.54) is 11.1 Å². The molecule has 0 saturated carbocycles. The van der Waals surface area contributed by atoms with Crippen molar-refractivity contribution in [1.82, 2.24) is 14.9 Å². The van der Waals surface area contributed by atoms with Crippen LogP contribution in [0.2, 0.25) is 0 Å². The number of nitrogens with zero attached hydrogens (tertiary/aromatic N) is 3. The van der Waals surface area contributed by atoms with Crippen molar-refractivity contribution in [2.45, 2.75) is 65.6 Å². The van der Waals surface area contributed by atoms with Gasteiger partial charge in [0.25, 0.3) is 0 Å². The summed E-state index contributed by atoms with van der Waals surface area (Å²) < 4.78 is 11.7. The fraction of sp³-hybridized carbons (Fsp3) is 0.565. The molecule has 1 aliphatic heterocycles. The van der Waals surface area contributed by atoms with E-state index < -0.39 is 0 Å². The molecule has 2 heterocycles. The quantitative estimate of drug-likeness (QED) is 0.680. The number of piperidine rings is 1. The molecule has 1 saturated heterocycles. The van der Waals surface area contributed by atoms with Gasteiger partial charge in [0.15, 0.2) is 11.5 Å². The molecule has 6 heteroatoms. The van der Waals surface area contributed by atoms with Crippen LogP contribution in [-0.4, -0.2) is 46.7 Å². The molecule has 29 heavy (non-hydrogen) atoms. The molecule has 0 aliphatic carbocycles. The Hall–Kier alpha value is -2.34. The van der Waals surface area contributed by atoms with Crippen LogP contribution >= 0.6 is 0 Å². The fourth-order valence-electron chi connectivity index (χ4n) is 3.56. The maximum atomic E-state index is 5.87. The number of rotatable bonds is 9. The number of hydrogen-bond donors (Lipinski definition) is 1. The number of benzene rings is 1. The number of anilines is 1. The molecule has 1 aromatic carbocycles. The molecule has 2 aromatic rings. The van der Waals surface area contributed by atoms with Crippen molar-refractivity contribution < 1.29 is 9.47 Å². The van der Waals surface area contributed by atoms with Gasteiger partial charge in [0.1, 0.15) is 0 Å². The highest BCUT2D eigenvalue weighted by molar-refractivity contribution is 5.43. The van der Waals surface area contributed by atoms with Gasteiger partial charge in [-0.3, -0.25) is 4.90 Å². The van der Waals surface area contributed by atoms with Crippen LogP contribution in [0, 0.1) is 0 Å². The highest BCUT2D eigenvalue weighted by Gasteiger charge is 2.20. The zero-order chi connectivity index (χ0) is 20.6. The maximum Gasteiger partial charge on any atom is 0.222 e. The minimum absolute atomic E-state index is 0.133. The fourth-order valence-corrected chi connectivity index (χ4v) is 3.56. The van der Waals surface area contributed by atoms with E-state index in [2.05, 4.69) is 39.2 Å². The predicted molar refractivity (Wildman–Crippen MR) is 117 cm³/mol. The molecule has 158 valence electrons. The summed E-state index contributed by atoms with van der Waals surface area (Å²) in [6, 6.07) is 6.73. The van der Waals surface area contributed by atoms with Crippen LogP contribution in [0.15, 0.2) is 30.6 Å². The number of aromatic nitrogens is 2. The molecule has 0 unspecified atom stereocenters. The third-order valence-corrected chi connectivity index (χ3v) is 5.11. The molecule has 1 fully saturated rings. The van der Waals surface area contributed by atoms with E-state index in [0.29, 0.717) is 12.6 Å². The zero-order valence-corrected chi connectivity index (χ0v) is 18.1. The van der Waals surface area contributed by atoms with Gasteiger partial charge in [-0.2, -0.15) is 0 Å². The third kappa shape index (κ3) is 6.32. The first-order valence-corrected chi connectivity index (χ1v) is 10.8. The summed E-state index contributed by atoms with van der Waals surface area (Å²) in [7, 11) is 0. The van der Waals surface area contributed by atoms with Crippen molar-refractivity contribution in [2.75, 3.05) is 25.0 Å².